The summed E-state index contributed by atoms with van der Waals surface area (Å²) in [5.41, 5.74) is 0. The molecule has 0 aromatic carbocycles. The van der Waals surface area contributed by atoms with Crippen LogP contribution >= 0.6 is 0 Å². The molecule has 0 aliphatic carbocycles. The lowest BCUT2D eigenvalue weighted by molar-refractivity contribution is -0.301. The molecular weight excluding hydrogens is 1040 g/mol. The van der Waals surface area contributed by atoms with Crippen molar-refractivity contribution >= 4 is 23.9 Å². The normalized spacial score (nSPS) is 18.0. The summed E-state index contributed by atoms with van der Waals surface area (Å²) in [5.74, 6) is -3.20. The zero-order valence-electron chi connectivity index (χ0n) is 52.9. The minimum absolute atomic E-state index is 0.0639. The van der Waals surface area contributed by atoms with Crippen molar-refractivity contribution in [1.82, 2.24) is 0 Å². The van der Waals surface area contributed by atoms with Crippen molar-refractivity contribution < 1.29 is 58.2 Å². The number of ether oxygens (including phenoxy) is 5. The minimum Gasteiger partial charge on any atom is -0.479 e. The number of carbonyl (C=O) groups excluding carboxylic acids is 3. The summed E-state index contributed by atoms with van der Waals surface area (Å²) >= 11 is 0. The Morgan fingerprint density at radius 1 is 0.410 bits per heavy atom. The first-order valence-corrected chi connectivity index (χ1v) is 33.9. The van der Waals surface area contributed by atoms with Crippen LogP contribution < -0.4 is 0 Å². The molecular formula is C71H122O12. The first kappa shape index (κ1) is 77.2. The number of aliphatic carboxylic acids is 1. The van der Waals surface area contributed by atoms with Gasteiger partial charge in [-0.1, -0.05) is 299 Å². The highest BCUT2D eigenvalue weighted by Gasteiger charge is 2.50. The lowest BCUT2D eigenvalue weighted by Gasteiger charge is -2.40. The lowest BCUT2D eigenvalue weighted by atomic mass is 9.98. The van der Waals surface area contributed by atoms with Crippen molar-refractivity contribution in [3.8, 4) is 0 Å². The van der Waals surface area contributed by atoms with Gasteiger partial charge in [0.1, 0.15) is 18.8 Å². The predicted octanol–water partition coefficient (Wildman–Crippen LogP) is 18.5. The fraction of sp³-hybridized carbons (Fsp3) is 0.775. The summed E-state index contributed by atoms with van der Waals surface area (Å²) in [6.45, 7) is 5.90. The van der Waals surface area contributed by atoms with Crippen LogP contribution in [0.4, 0.5) is 0 Å². The zero-order chi connectivity index (χ0) is 60.3. The molecule has 0 spiro atoms. The maximum Gasteiger partial charge on any atom is 0.335 e. The fourth-order valence-corrected chi connectivity index (χ4v) is 10.2. The molecule has 0 radical (unpaired) electrons. The number of aliphatic hydroxyl groups excluding tert-OH is 2. The SMILES string of the molecule is CC/C=C\C/C=C\C/C=C\C/C=C\C/C=C\C/C=C\CCC(=O)OC1C(OCC(COC(=O)CCCCCCCCCCCCCCCCCCCCC)OC(=O)CCCCCCCCCCCCCCCCC)OC(C(=O)O)C(O)C1O. The molecule has 0 bridgehead atoms. The van der Waals surface area contributed by atoms with Gasteiger partial charge in [-0.2, -0.15) is 0 Å². The van der Waals surface area contributed by atoms with E-state index in [1.165, 1.54) is 167 Å². The van der Waals surface area contributed by atoms with Gasteiger partial charge in [-0.15, -0.1) is 0 Å². The Labute approximate surface area is 506 Å². The lowest BCUT2D eigenvalue weighted by Crippen LogP contribution is -2.61. The number of rotatable bonds is 58. The molecule has 1 saturated heterocycles. The zero-order valence-corrected chi connectivity index (χ0v) is 52.9. The molecule has 0 aromatic heterocycles. The van der Waals surface area contributed by atoms with Gasteiger partial charge in [0.05, 0.1) is 6.61 Å². The Morgan fingerprint density at radius 2 is 0.759 bits per heavy atom. The molecule has 1 rings (SSSR count). The van der Waals surface area contributed by atoms with Crippen LogP contribution in [0, 0.1) is 0 Å². The molecule has 0 amide bonds. The van der Waals surface area contributed by atoms with E-state index in [2.05, 4.69) is 75.5 Å². The van der Waals surface area contributed by atoms with Crippen LogP contribution in [0.25, 0.3) is 0 Å². The molecule has 6 atom stereocenters. The smallest absolute Gasteiger partial charge is 0.335 e. The van der Waals surface area contributed by atoms with Gasteiger partial charge in [0.2, 0.25) is 0 Å². The van der Waals surface area contributed by atoms with Crippen molar-refractivity contribution in [3.05, 3.63) is 72.9 Å². The van der Waals surface area contributed by atoms with Gasteiger partial charge in [-0.3, -0.25) is 14.4 Å². The summed E-state index contributed by atoms with van der Waals surface area (Å²) in [7, 11) is 0. The van der Waals surface area contributed by atoms with Gasteiger partial charge < -0.3 is 39.0 Å². The minimum atomic E-state index is -1.93. The number of carboxylic acids is 1. The summed E-state index contributed by atoms with van der Waals surface area (Å²) in [5, 5.41) is 31.6. The van der Waals surface area contributed by atoms with Crippen LogP contribution in [0.1, 0.15) is 303 Å². The van der Waals surface area contributed by atoms with Crippen molar-refractivity contribution in [2.75, 3.05) is 13.2 Å². The molecule has 1 fully saturated rings. The number of carbonyl (C=O) groups is 4. The van der Waals surface area contributed by atoms with Crippen LogP contribution in [0.5, 0.6) is 0 Å². The second-order valence-corrected chi connectivity index (χ2v) is 23.1. The van der Waals surface area contributed by atoms with Crippen LogP contribution in [-0.2, 0) is 42.9 Å². The van der Waals surface area contributed by atoms with Crippen LogP contribution in [-0.4, -0.2) is 89.2 Å². The van der Waals surface area contributed by atoms with Crippen LogP contribution in [0.2, 0.25) is 0 Å². The molecule has 12 nitrogen and oxygen atoms in total. The molecule has 6 unspecified atom stereocenters. The molecule has 1 aliphatic rings. The van der Waals surface area contributed by atoms with E-state index in [0.717, 1.165) is 70.6 Å². The van der Waals surface area contributed by atoms with Crippen molar-refractivity contribution in [2.45, 2.75) is 340 Å². The average molecular weight is 1170 g/mol. The van der Waals surface area contributed by atoms with Gasteiger partial charge in [-0.05, 0) is 57.8 Å². The Hall–Kier alpha value is -3.84. The Bertz CT molecular complexity index is 1720. The van der Waals surface area contributed by atoms with Crippen LogP contribution in [0.3, 0.4) is 0 Å². The maximum absolute atomic E-state index is 13.2. The van der Waals surface area contributed by atoms with Gasteiger partial charge >= 0.3 is 23.9 Å². The molecule has 3 N–H and O–H groups in total. The highest BCUT2D eigenvalue weighted by Crippen LogP contribution is 2.26. The number of allylic oxidation sites excluding steroid dienone is 12. The monoisotopic (exact) mass is 1170 g/mol. The first-order chi connectivity index (χ1) is 40.6. The molecule has 0 saturated carbocycles. The van der Waals surface area contributed by atoms with Gasteiger partial charge in [0.15, 0.2) is 24.6 Å². The van der Waals surface area contributed by atoms with E-state index >= 15 is 0 Å². The Balaban J connectivity index is 2.67. The highest BCUT2D eigenvalue weighted by atomic mass is 16.7. The van der Waals surface area contributed by atoms with E-state index in [-0.39, 0.29) is 25.9 Å². The average Bonchev–Trinajstić information content (AvgIpc) is 3.60. The number of unbranched alkanes of at least 4 members (excludes halogenated alkanes) is 32. The number of hydrogen-bond donors (Lipinski definition) is 3. The standard InChI is InChI=1S/C71H122O12/c1-4-7-10-13-16-19-22-25-28-30-32-34-37-39-42-45-48-51-54-57-63(72)79-60-62(81-64(73)58-55-52-49-46-43-40-36-27-24-21-18-15-12-9-6-3)61-80-71-69(67(76)66(75)68(83-71)70(77)78)82-65(74)59-56-53-50-47-44-41-38-35-33-31-29-26-23-20-17-14-11-8-5-2/h8,11,17,20,26,29,33,35,41,44,50,53,62,66-69,71,75-76H,4-7,9-10,12-16,18-19,21-25,27-28,30-32,34,36-40,42-43,45-49,51-52,54-61H2,1-3H3,(H,77,78)/b11-8-,20-17-,29-26-,35-33-,44-41-,53-50-. The summed E-state index contributed by atoms with van der Waals surface area (Å²) in [6, 6.07) is 0. The summed E-state index contributed by atoms with van der Waals surface area (Å²) < 4.78 is 28.5. The largest absolute Gasteiger partial charge is 0.479 e. The summed E-state index contributed by atoms with van der Waals surface area (Å²) in [6.07, 6.45) is 63.0. The molecule has 478 valence electrons. The number of aliphatic hydroxyl groups is 2. The number of carboxylic acid groups (broad SMARTS) is 1. The van der Waals surface area contributed by atoms with Crippen molar-refractivity contribution in [3.63, 3.8) is 0 Å². The number of hydrogen-bond acceptors (Lipinski definition) is 11. The van der Waals surface area contributed by atoms with Gasteiger partial charge in [0.25, 0.3) is 0 Å². The third kappa shape index (κ3) is 48.0. The van der Waals surface area contributed by atoms with Crippen molar-refractivity contribution in [2.24, 2.45) is 0 Å². The summed E-state index contributed by atoms with van der Waals surface area (Å²) in [4.78, 5) is 51.4. The van der Waals surface area contributed by atoms with E-state index in [1.807, 2.05) is 18.2 Å². The second-order valence-electron chi connectivity index (χ2n) is 23.1. The fourth-order valence-electron chi connectivity index (χ4n) is 10.2. The highest BCUT2D eigenvalue weighted by molar-refractivity contribution is 5.74. The second kappa shape index (κ2) is 58.5. The van der Waals surface area contributed by atoms with E-state index in [4.69, 9.17) is 23.7 Å². The van der Waals surface area contributed by atoms with Crippen LogP contribution in [0.15, 0.2) is 72.9 Å². The molecule has 1 heterocycles. The number of esters is 3. The third-order valence-corrected chi connectivity index (χ3v) is 15.3. The maximum atomic E-state index is 13.2. The quantitative estimate of drug-likeness (QED) is 0.0228. The topological polar surface area (TPSA) is 175 Å². The molecule has 12 heteroatoms. The Morgan fingerprint density at radius 3 is 1.13 bits per heavy atom. The Kier molecular flexibility index (Phi) is 54.4. The molecule has 83 heavy (non-hydrogen) atoms. The first-order valence-electron chi connectivity index (χ1n) is 33.9. The van der Waals surface area contributed by atoms with Gasteiger partial charge in [0, 0.05) is 19.3 Å². The van der Waals surface area contributed by atoms with Crippen molar-refractivity contribution in [1.29, 1.82) is 0 Å². The predicted molar refractivity (Wildman–Crippen MR) is 340 cm³/mol. The third-order valence-electron chi connectivity index (χ3n) is 15.3. The van der Waals surface area contributed by atoms with E-state index < -0.39 is 67.3 Å². The van der Waals surface area contributed by atoms with Gasteiger partial charge in [-0.25, -0.2) is 4.79 Å². The molecule has 1 aliphatic heterocycles. The van der Waals surface area contributed by atoms with E-state index in [1.54, 1.807) is 0 Å². The van der Waals surface area contributed by atoms with E-state index in [9.17, 15) is 34.5 Å². The molecule has 0 aromatic rings. The van der Waals surface area contributed by atoms with E-state index in [0.29, 0.717) is 25.7 Å².